The van der Waals surface area contributed by atoms with Crippen LogP contribution < -0.4 is 37.2 Å². The number of benzene rings is 7. The number of rotatable bonds is 1. The summed E-state index contributed by atoms with van der Waals surface area (Å²) in [6, 6.07) is 48.9. The van der Waals surface area contributed by atoms with Crippen LogP contribution in [0.4, 0.5) is 28.4 Å². The number of fused-ring (bicyclic) bond motifs is 12. The lowest BCUT2D eigenvalue weighted by Gasteiger charge is -2.51. The van der Waals surface area contributed by atoms with Crippen LogP contribution >= 0.6 is 0 Å². The predicted octanol–water partition coefficient (Wildman–Crippen LogP) is 11.0. The molecule has 4 aliphatic heterocycles. The Balaban J connectivity index is 1.26. The predicted molar refractivity (Wildman–Crippen MR) is 254 cm³/mol. The fourth-order valence-corrected chi connectivity index (χ4v) is 10.8. The van der Waals surface area contributed by atoms with Crippen molar-refractivity contribution in [2.24, 2.45) is 0 Å². The number of nitrogens with zero attached hydrogens (tertiary/aromatic N) is 2. The molecule has 0 amide bonds. The molecule has 1 aromatic heterocycles. The van der Waals surface area contributed by atoms with Gasteiger partial charge < -0.3 is 14.1 Å². The van der Waals surface area contributed by atoms with Gasteiger partial charge in [-0.1, -0.05) is 153 Å². The second-order valence-corrected chi connectivity index (χ2v) is 20.6. The zero-order valence-electron chi connectivity index (χ0n) is 35.6. The summed E-state index contributed by atoms with van der Waals surface area (Å²) in [6.45, 7) is 21.0. The number of furan rings is 1. The van der Waals surface area contributed by atoms with Crippen molar-refractivity contribution in [2.75, 3.05) is 9.71 Å². The third-order valence-corrected chi connectivity index (χ3v) is 13.9. The van der Waals surface area contributed by atoms with Crippen LogP contribution in [0, 0.1) is 0 Å². The molecule has 8 aromatic rings. The van der Waals surface area contributed by atoms with Crippen molar-refractivity contribution in [3.05, 3.63) is 144 Å². The Morgan fingerprint density at radius 2 is 1.08 bits per heavy atom. The van der Waals surface area contributed by atoms with Gasteiger partial charge in [0.1, 0.15) is 5.58 Å². The van der Waals surface area contributed by atoms with Crippen molar-refractivity contribution in [3.63, 3.8) is 0 Å². The molecule has 0 N–H and O–H groups in total. The highest BCUT2D eigenvalue weighted by molar-refractivity contribution is 7.03. The largest absolute Gasteiger partial charge is 0.468 e. The highest BCUT2D eigenvalue weighted by atomic mass is 16.3. The highest BCUT2D eigenvalue weighted by Gasteiger charge is 2.54. The van der Waals surface area contributed by atoms with Crippen molar-refractivity contribution in [3.8, 4) is 22.3 Å². The first-order valence-electron chi connectivity index (χ1n) is 21.4. The topological polar surface area (TPSA) is 19.6 Å². The molecule has 5 heteroatoms. The smallest absolute Gasteiger partial charge is 0.329 e. The first kappa shape index (κ1) is 35.1. The van der Waals surface area contributed by atoms with Crippen molar-refractivity contribution in [2.45, 2.75) is 78.6 Å². The molecule has 0 radical (unpaired) electrons. The molecular weight excluding hydrogens is 714 g/mol. The molecule has 5 heterocycles. The summed E-state index contributed by atoms with van der Waals surface area (Å²) in [5.74, 6) is 0. The number of para-hydroxylation sites is 1. The first-order chi connectivity index (χ1) is 28.2. The van der Waals surface area contributed by atoms with Crippen molar-refractivity contribution in [1.82, 2.24) is 0 Å². The first-order valence-corrected chi connectivity index (χ1v) is 21.4. The van der Waals surface area contributed by atoms with Crippen LogP contribution in [0.3, 0.4) is 0 Å². The molecule has 7 aromatic carbocycles. The highest BCUT2D eigenvalue weighted by Crippen LogP contribution is 2.53. The molecule has 0 aliphatic carbocycles. The molecule has 3 nitrogen and oxygen atoms in total. The van der Waals surface area contributed by atoms with Gasteiger partial charge >= 0.3 is 6.85 Å². The Hall–Kier alpha value is -5.93. The fourth-order valence-electron chi connectivity index (χ4n) is 10.8. The minimum absolute atomic E-state index is 0.000591. The van der Waals surface area contributed by atoms with E-state index >= 15 is 0 Å². The van der Waals surface area contributed by atoms with E-state index in [1.807, 2.05) is 0 Å². The lowest BCUT2D eigenvalue weighted by molar-refractivity contribution is 0.590. The van der Waals surface area contributed by atoms with Crippen LogP contribution in [0.5, 0.6) is 0 Å². The van der Waals surface area contributed by atoms with E-state index in [2.05, 4.69) is 199 Å². The summed E-state index contributed by atoms with van der Waals surface area (Å²) in [6.07, 6.45) is 0. The average molecular weight is 763 g/mol. The van der Waals surface area contributed by atoms with Gasteiger partial charge in [-0.15, -0.1) is 0 Å². The third kappa shape index (κ3) is 4.73. The van der Waals surface area contributed by atoms with E-state index in [1.54, 1.807) is 0 Å². The van der Waals surface area contributed by atoms with Crippen molar-refractivity contribution >= 4 is 91.2 Å². The van der Waals surface area contributed by atoms with Crippen LogP contribution in [-0.2, 0) is 16.2 Å². The summed E-state index contributed by atoms with van der Waals surface area (Å²) in [5, 5.41) is 3.60. The molecule has 286 valence electrons. The number of anilines is 5. The summed E-state index contributed by atoms with van der Waals surface area (Å²) in [7, 11) is 0. The number of hydrogen-bond acceptors (Lipinski definition) is 3. The summed E-state index contributed by atoms with van der Waals surface area (Å²) in [5.41, 5.74) is 22.8. The van der Waals surface area contributed by atoms with Gasteiger partial charge in [-0.25, -0.2) is 0 Å². The Bertz CT molecular complexity index is 3150. The summed E-state index contributed by atoms with van der Waals surface area (Å²) < 4.78 is 7.26. The zero-order chi connectivity index (χ0) is 40.5. The Morgan fingerprint density at radius 1 is 0.475 bits per heavy atom. The second kappa shape index (κ2) is 11.4. The quantitative estimate of drug-likeness (QED) is 0.155. The molecule has 0 saturated heterocycles. The van der Waals surface area contributed by atoms with Gasteiger partial charge in [0.05, 0.1) is 11.3 Å². The lowest BCUT2D eigenvalue weighted by Crippen LogP contribution is -2.69. The van der Waals surface area contributed by atoms with Crippen LogP contribution in [-0.4, -0.2) is 13.6 Å². The van der Waals surface area contributed by atoms with Gasteiger partial charge in [0, 0.05) is 39.3 Å². The van der Waals surface area contributed by atoms with Gasteiger partial charge in [-0.3, -0.25) is 0 Å². The third-order valence-electron chi connectivity index (χ3n) is 13.9. The Kier molecular flexibility index (Phi) is 6.78. The van der Waals surface area contributed by atoms with E-state index in [-0.39, 0.29) is 29.8 Å². The van der Waals surface area contributed by atoms with Crippen molar-refractivity contribution in [1.29, 1.82) is 0 Å². The minimum atomic E-state index is -0.0993. The number of hydrogen-bond donors (Lipinski definition) is 0. The molecule has 12 rings (SSSR count). The molecule has 0 unspecified atom stereocenters. The van der Waals surface area contributed by atoms with E-state index in [1.165, 1.54) is 88.6 Å². The van der Waals surface area contributed by atoms with Crippen molar-refractivity contribution < 1.29 is 4.42 Å². The molecule has 0 spiro atoms. The van der Waals surface area contributed by atoms with E-state index in [9.17, 15) is 0 Å². The Labute approximate surface area is 348 Å². The fraction of sp³-hybridized carbons (Fsp3) is 0.222. The van der Waals surface area contributed by atoms with E-state index in [0.717, 1.165) is 28.0 Å². The van der Waals surface area contributed by atoms with E-state index < -0.39 is 0 Å². The molecule has 0 saturated carbocycles. The van der Waals surface area contributed by atoms with Gasteiger partial charge in [-0.05, 0) is 113 Å². The Morgan fingerprint density at radius 3 is 1.78 bits per heavy atom. The molecule has 0 bridgehead atoms. The van der Waals surface area contributed by atoms with Gasteiger partial charge in [0.25, 0.3) is 6.71 Å². The van der Waals surface area contributed by atoms with E-state index in [4.69, 9.17) is 4.42 Å². The minimum Gasteiger partial charge on any atom is -0.468 e. The molecule has 0 fully saturated rings. The van der Waals surface area contributed by atoms with Gasteiger partial charge in [0.2, 0.25) is 0 Å². The average Bonchev–Trinajstić information content (AvgIpc) is 3.59. The summed E-state index contributed by atoms with van der Waals surface area (Å²) >= 11 is 0. The van der Waals surface area contributed by atoms with Crippen LogP contribution in [0.2, 0.25) is 0 Å². The maximum Gasteiger partial charge on any atom is 0.329 e. The molecular formula is C54H48B2N2O. The zero-order valence-corrected chi connectivity index (χ0v) is 35.6. The van der Waals surface area contributed by atoms with E-state index in [0.29, 0.717) is 0 Å². The monoisotopic (exact) mass is 762 g/mol. The lowest BCUT2D eigenvalue weighted by atomic mass is 9.31. The summed E-state index contributed by atoms with van der Waals surface area (Å²) in [4.78, 5) is 5.29. The molecule has 0 atom stereocenters. The van der Waals surface area contributed by atoms with Gasteiger partial charge in [0.15, 0.2) is 0 Å². The van der Waals surface area contributed by atoms with Crippen LogP contribution in [0.1, 0.15) is 79.0 Å². The maximum absolute atomic E-state index is 7.26. The SMILES string of the molecule is CC(C)(C)c1ccc2c(c1)B1c3cc(C(C)(C)C)ccc3-c3ccc4c5c3N1c1c(cc(C(C)(C)C)cc1-2)B5c1oc2ccccc2c1N4c1ccc2ccccc2c1. The second-order valence-electron chi connectivity index (χ2n) is 20.6. The molecule has 4 aliphatic rings. The normalized spacial score (nSPS) is 14.7. The standard InChI is InChI=1S/C54H48B2N2O/c1-52(2,3)33-19-22-37-39-24-25-45-47-49(39)58-48-41(38-23-20-34(53(4,5)6)29-43(38)56(58)42(37)28-33)27-35(54(7,8)9)30-44(48)55(47)51-50(40-16-12-13-17-46(40)59-51)57(45)36-21-18-31-14-10-11-15-32(31)26-36/h10-30H,1-9H3. The molecule has 59 heavy (non-hydrogen) atoms. The maximum atomic E-state index is 7.26. The van der Waals surface area contributed by atoms with Gasteiger partial charge in [-0.2, -0.15) is 0 Å². The van der Waals surface area contributed by atoms with Crippen LogP contribution in [0.15, 0.2) is 132 Å². The van der Waals surface area contributed by atoms with Crippen LogP contribution in [0.25, 0.3) is 44.0 Å².